The molecule has 33 heavy (non-hydrogen) atoms. The first-order valence-electron chi connectivity index (χ1n) is 11.2. The number of ketones is 1. The molecule has 7 nitrogen and oxygen atoms in total. The van der Waals surface area contributed by atoms with Crippen molar-refractivity contribution in [1.82, 2.24) is 9.80 Å². The number of nitrogens with zero attached hydrogens (tertiary/aromatic N) is 2. The number of carbonyl (C=O) groups excluding carboxylic acids is 2. The Morgan fingerprint density at radius 2 is 1.70 bits per heavy atom. The largest absolute Gasteiger partial charge is 0.507 e. The van der Waals surface area contributed by atoms with Gasteiger partial charge in [-0.05, 0) is 61.8 Å². The fourth-order valence-corrected chi connectivity index (χ4v) is 4.73. The third-order valence-corrected chi connectivity index (χ3v) is 6.48. The highest BCUT2D eigenvalue weighted by molar-refractivity contribution is 6.46. The number of carbonyl (C=O) groups is 2. The molecular weight excluding hydrogens is 427 g/mol. The standard InChI is InChI=1S/C25H25FN2O5/c26-18-7-4-16(5-8-18)22-21(23(29)17-6-9-19-20(14-17)33-15-32-19)24(30)25(31)28(22)13-12-27-10-2-1-3-11-27/h4-9,14,22,29H,1-3,10-13,15H2/b23-21+. The summed E-state index contributed by atoms with van der Waals surface area (Å²) in [4.78, 5) is 29.9. The van der Waals surface area contributed by atoms with Crippen LogP contribution in [0.2, 0.25) is 0 Å². The minimum atomic E-state index is -0.805. The maximum Gasteiger partial charge on any atom is 0.295 e. The maximum atomic E-state index is 13.6. The Labute approximate surface area is 191 Å². The second-order valence-corrected chi connectivity index (χ2v) is 8.51. The lowest BCUT2D eigenvalue weighted by atomic mass is 9.95. The van der Waals surface area contributed by atoms with E-state index in [1.54, 1.807) is 30.3 Å². The van der Waals surface area contributed by atoms with Crippen LogP contribution in [-0.2, 0) is 9.59 Å². The van der Waals surface area contributed by atoms with E-state index in [9.17, 15) is 19.1 Å². The molecule has 3 aliphatic heterocycles. The van der Waals surface area contributed by atoms with Crippen LogP contribution in [0.3, 0.4) is 0 Å². The lowest BCUT2D eigenvalue weighted by molar-refractivity contribution is -0.140. The first-order chi connectivity index (χ1) is 16.0. The molecule has 1 atom stereocenters. The predicted octanol–water partition coefficient (Wildman–Crippen LogP) is 3.46. The number of Topliss-reactive ketones (excluding diaryl/α,β-unsaturated/α-hetero) is 1. The number of piperidine rings is 1. The number of aliphatic hydroxyl groups is 1. The summed E-state index contributed by atoms with van der Waals surface area (Å²) in [7, 11) is 0. The number of halogens is 1. The van der Waals surface area contributed by atoms with Gasteiger partial charge in [0.05, 0.1) is 11.6 Å². The first-order valence-corrected chi connectivity index (χ1v) is 11.2. The first kappa shape index (κ1) is 21.5. The summed E-state index contributed by atoms with van der Waals surface area (Å²) in [6, 6.07) is 9.73. The van der Waals surface area contributed by atoms with Crippen LogP contribution in [0.5, 0.6) is 11.5 Å². The summed E-state index contributed by atoms with van der Waals surface area (Å²) < 4.78 is 24.3. The highest BCUT2D eigenvalue weighted by Gasteiger charge is 2.46. The molecular formula is C25H25FN2O5. The number of hydrogen-bond acceptors (Lipinski definition) is 6. The van der Waals surface area contributed by atoms with Crippen LogP contribution in [0, 0.1) is 5.82 Å². The average Bonchev–Trinajstić information content (AvgIpc) is 3.41. The Hall–Kier alpha value is -3.39. The zero-order valence-electron chi connectivity index (χ0n) is 18.1. The highest BCUT2D eigenvalue weighted by atomic mass is 19.1. The van der Waals surface area contributed by atoms with E-state index in [1.165, 1.54) is 23.5 Å². The van der Waals surface area contributed by atoms with Crippen LogP contribution in [-0.4, -0.2) is 59.6 Å². The third-order valence-electron chi connectivity index (χ3n) is 6.48. The van der Waals surface area contributed by atoms with Crippen molar-refractivity contribution in [1.29, 1.82) is 0 Å². The number of benzene rings is 2. The Balaban J connectivity index is 1.53. The fraction of sp³-hybridized carbons (Fsp3) is 0.360. The molecule has 0 aromatic heterocycles. The van der Waals surface area contributed by atoms with Crippen LogP contribution in [0.25, 0.3) is 5.76 Å². The number of fused-ring (bicyclic) bond motifs is 1. The van der Waals surface area contributed by atoms with Crippen molar-refractivity contribution < 1.29 is 28.6 Å². The van der Waals surface area contributed by atoms with E-state index in [2.05, 4.69) is 4.90 Å². The van der Waals surface area contributed by atoms with Crippen LogP contribution in [0.15, 0.2) is 48.0 Å². The minimum Gasteiger partial charge on any atom is -0.507 e. The molecule has 0 spiro atoms. The summed E-state index contributed by atoms with van der Waals surface area (Å²) >= 11 is 0. The van der Waals surface area contributed by atoms with Crippen LogP contribution < -0.4 is 9.47 Å². The van der Waals surface area contributed by atoms with E-state index in [0.29, 0.717) is 35.7 Å². The van der Waals surface area contributed by atoms with Gasteiger partial charge in [0, 0.05) is 18.7 Å². The number of likely N-dealkylation sites (tertiary alicyclic amines) is 2. The van der Waals surface area contributed by atoms with Gasteiger partial charge >= 0.3 is 0 Å². The molecule has 3 heterocycles. The lowest BCUT2D eigenvalue weighted by Gasteiger charge is -2.31. The molecule has 3 aliphatic rings. The maximum absolute atomic E-state index is 13.6. The predicted molar refractivity (Wildman–Crippen MR) is 118 cm³/mol. The number of ether oxygens (including phenoxy) is 2. The smallest absolute Gasteiger partial charge is 0.295 e. The van der Waals surface area contributed by atoms with Gasteiger partial charge in [0.1, 0.15) is 11.6 Å². The van der Waals surface area contributed by atoms with E-state index in [-0.39, 0.29) is 18.1 Å². The van der Waals surface area contributed by atoms with Crippen LogP contribution in [0.1, 0.15) is 36.4 Å². The number of amides is 1. The van der Waals surface area contributed by atoms with Gasteiger partial charge in [-0.15, -0.1) is 0 Å². The highest BCUT2D eigenvalue weighted by Crippen LogP contribution is 2.41. The second kappa shape index (κ2) is 8.86. The van der Waals surface area contributed by atoms with Gasteiger partial charge in [0.15, 0.2) is 11.5 Å². The van der Waals surface area contributed by atoms with Crippen molar-refractivity contribution in [3.63, 3.8) is 0 Å². The van der Waals surface area contributed by atoms with E-state index in [1.807, 2.05) is 0 Å². The van der Waals surface area contributed by atoms with E-state index >= 15 is 0 Å². The number of hydrogen-bond donors (Lipinski definition) is 1. The topological polar surface area (TPSA) is 79.3 Å². The molecule has 8 heteroatoms. The molecule has 1 N–H and O–H groups in total. The van der Waals surface area contributed by atoms with Crippen molar-refractivity contribution in [2.75, 3.05) is 33.0 Å². The van der Waals surface area contributed by atoms with Crippen molar-refractivity contribution in [3.05, 3.63) is 65.0 Å². The Morgan fingerprint density at radius 1 is 0.970 bits per heavy atom. The van der Waals surface area contributed by atoms with Crippen molar-refractivity contribution in [2.45, 2.75) is 25.3 Å². The van der Waals surface area contributed by atoms with E-state index in [0.717, 1.165) is 25.9 Å². The lowest BCUT2D eigenvalue weighted by Crippen LogP contribution is -2.39. The monoisotopic (exact) mass is 452 g/mol. The molecule has 2 aromatic rings. The fourth-order valence-electron chi connectivity index (χ4n) is 4.73. The Morgan fingerprint density at radius 3 is 2.45 bits per heavy atom. The van der Waals surface area contributed by atoms with Crippen molar-refractivity contribution >= 4 is 17.4 Å². The molecule has 0 aliphatic carbocycles. The Bertz CT molecular complexity index is 1110. The van der Waals surface area contributed by atoms with Crippen molar-refractivity contribution in [3.8, 4) is 11.5 Å². The molecule has 1 unspecified atom stereocenters. The molecule has 1 amide bonds. The SMILES string of the molecule is O=C1C(=O)N(CCN2CCCCC2)C(c2ccc(F)cc2)/C1=C(\O)c1ccc2c(c1)OCO2. The molecule has 2 saturated heterocycles. The average molecular weight is 452 g/mol. The molecule has 5 rings (SSSR count). The number of rotatable bonds is 5. The second-order valence-electron chi connectivity index (χ2n) is 8.51. The van der Waals surface area contributed by atoms with Gasteiger partial charge in [0.25, 0.3) is 11.7 Å². The molecule has 0 radical (unpaired) electrons. The molecule has 2 aromatic carbocycles. The molecule has 172 valence electrons. The molecule has 0 bridgehead atoms. The summed E-state index contributed by atoms with van der Waals surface area (Å²) in [5.41, 5.74) is 0.904. The Kier molecular flexibility index (Phi) is 5.76. The summed E-state index contributed by atoms with van der Waals surface area (Å²) in [5, 5.41) is 11.2. The van der Waals surface area contributed by atoms with Crippen molar-refractivity contribution in [2.24, 2.45) is 0 Å². The van der Waals surface area contributed by atoms with Gasteiger partial charge in [-0.2, -0.15) is 0 Å². The van der Waals surface area contributed by atoms with Gasteiger partial charge in [0.2, 0.25) is 6.79 Å². The van der Waals surface area contributed by atoms with Gasteiger partial charge in [-0.25, -0.2) is 4.39 Å². The van der Waals surface area contributed by atoms with Gasteiger partial charge in [-0.3, -0.25) is 9.59 Å². The zero-order chi connectivity index (χ0) is 22.9. The molecule has 2 fully saturated rings. The quantitative estimate of drug-likeness (QED) is 0.425. The summed E-state index contributed by atoms with van der Waals surface area (Å²) in [6.07, 6.45) is 3.43. The minimum absolute atomic E-state index is 0.0101. The summed E-state index contributed by atoms with van der Waals surface area (Å²) in [6.45, 7) is 2.97. The summed E-state index contributed by atoms with van der Waals surface area (Å²) in [5.74, 6) is -1.12. The van der Waals surface area contributed by atoms with Gasteiger partial charge < -0.3 is 24.4 Å². The third kappa shape index (κ3) is 4.06. The normalized spacial score (nSPS) is 22.2. The zero-order valence-corrected chi connectivity index (χ0v) is 18.1. The van der Waals surface area contributed by atoms with E-state index < -0.39 is 23.5 Å². The van der Waals surface area contributed by atoms with Crippen LogP contribution in [0.4, 0.5) is 4.39 Å². The van der Waals surface area contributed by atoms with E-state index in [4.69, 9.17) is 9.47 Å². The number of aliphatic hydroxyl groups excluding tert-OH is 1. The van der Waals surface area contributed by atoms with Crippen LogP contribution >= 0.6 is 0 Å². The molecule has 0 saturated carbocycles. The van der Waals surface area contributed by atoms with Gasteiger partial charge in [-0.1, -0.05) is 18.6 Å².